The standard InChI is InChI=1S/C51H32N4O/c1-3-15-31(16-4-1)33-23-13-24-38-45(33)36-21-7-8-22-37(36)46(38)39-29-30-44-47(39)48-40(25-14-28-43(48)56-44)50-52-49(32-17-5-2-6-18-32)53-51(54-50)55-41-26-11-9-19-34(41)35-20-10-12-27-42(35)55/h1-30,39,46H. The van der Waals surface area contributed by atoms with E-state index in [1.807, 2.05) is 24.3 Å². The zero-order chi connectivity index (χ0) is 36.7. The number of hydrogen-bond acceptors (Lipinski definition) is 4. The number of aromatic nitrogens is 4. The first kappa shape index (κ1) is 31.0. The fourth-order valence-corrected chi connectivity index (χ4v) is 9.37. The zero-order valence-electron chi connectivity index (χ0n) is 30.2. The molecular formula is C51H32N4O. The number of nitrogens with zero attached hydrogens (tertiary/aromatic N) is 4. The van der Waals surface area contributed by atoms with Crippen molar-refractivity contribution in [1.82, 2.24) is 19.5 Å². The van der Waals surface area contributed by atoms with Crippen LogP contribution in [0.4, 0.5) is 0 Å². The number of benzene rings is 7. The van der Waals surface area contributed by atoms with Crippen molar-refractivity contribution < 1.29 is 4.42 Å². The highest BCUT2D eigenvalue weighted by atomic mass is 16.3. The van der Waals surface area contributed by atoms with Crippen LogP contribution in [0.5, 0.6) is 0 Å². The third kappa shape index (κ3) is 4.52. The van der Waals surface area contributed by atoms with E-state index in [0.29, 0.717) is 17.6 Å². The minimum absolute atomic E-state index is 0.0352. The Hall–Kier alpha value is -7.37. The first-order valence-corrected chi connectivity index (χ1v) is 19.1. The largest absolute Gasteiger partial charge is 0.456 e. The molecule has 2 unspecified atom stereocenters. The SMILES string of the molecule is C1=CC(C2c3ccccc3-c3c(-c4ccccc4)cccc32)c2c1oc1cccc(-c3nc(-c4ccccc4)nc(-n4c5ccccc5c5ccccc54)n3)c21. The van der Waals surface area contributed by atoms with Gasteiger partial charge in [0.05, 0.1) is 11.0 Å². The smallest absolute Gasteiger partial charge is 0.238 e. The normalized spacial score (nSPS) is 15.4. The minimum Gasteiger partial charge on any atom is -0.456 e. The Morgan fingerprint density at radius 1 is 0.482 bits per heavy atom. The third-order valence-electron chi connectivity index (χ3n) is 11.7. The van der Waals surface area contributed by atoms with E-state index in [2.05, 4.69) is 162 Å². The lowest BCUT2D eigenvalue weighted by Crippen LogP contribution is -2.08. The number of para-hydroxylation sites is 2. The van der Waals surface area contributed by atoms with Crippen molar-refractivity contribution in [3.8, 4) is 51.0 Å². The fraction of sp³-hybridized carbons (Fsp3) is 0.0392. The van der Waals surface area contributed by atoms with E-state index in [4.69, 9.17) is 19.4 Å². The van der Waals surface area contributed by atoms with Gasteiger partial charge in [0.25, 0.3) is 0 Å². The molecule has 0 spiro atoms. The van der Waals surface area contributed by atoms with Gasteiger partial charge in [0.15, 0.2) is 11.6 Å². The molecule has 5 nitrogen and oxygen atoms in total. The van der Waals surface area contributed by atoms with E-state index >= 15 is 0 Å². The molecule has 10 aromatic rings. The van der Waals surface area contributed by atoms with E-state index < -0.39 is 0 Å². The van der Waals surface area contributed by atoms with Crippen molar-refractivity contribution in [3.05, 3.63) is 198 Å². The Morgan fingerprint density at radius 3 is 1.88 bits per heavy atom. The molecule has 12 rings (SSSR count). The molecule has 2 atom stereocenters. The predicted molar refractivity (Wildman–Crippen MR) is 226 cm³/mol. The molecule has 0 saturated carbocycles. The molecule has 0 fully saturated rings. The molecule has 0 N–H and O–H groups in total. The lowest BCUT2D eigenvalue weighted by Gasteiger charge is -2.22. The Balaban J connectivity index is 1.09. The quantitative estimate of drug-likeness (QED) is 0.178. The van der Waals surface area contributed by atoms with Crippen LogP contribution < -0.4 is 0 Å². The van der Waals surface area contributed by atoms with Crippen LogP contribution in [0.25, 0.3) is 89.8 Å². The molecular weight excluding hydrogens is 685 g/mol. The predicted octanol–water partition coefficient (Wildman–Crippen LogP) is 12.6. The first-order chi connectivity index (χ1) is 27.8. The van der Waals surface area contributed by atoms with Crippen molar-refractivity contribution in [1.29, 1.82) is 0 Å². The van der Waals surface area contributed by atoms with Crippen LogP contribution in [0.15, 0.2) is 180 Å². The lowest BCUT2D eigenvalue weighted by molar-refractivity contribution is 0.597. The Morgan fingerprint density at radius 2 is 1.09 bits per heavy atom. The summed E-state index contributed by atoms with van der Waals surface area (Å²) in [5.74, 6) is 2.82. The summed E-state index contributed by atoms with van der Waals surface area (Å²) in [7, 11) is 0. The summed E-state index contributed by atoms with van der Waals surface area (Å²) in [5.41, 5.74) is 13.7. The first-order valence-electron chi connectivity index (χ1n) is 19.1. The van der Waals surface area contributed by atoms with E-state index in [9.17, 15) is 0 Å². The van der Waals surface area contributed by atoms with E-state index in [1.54, 1.807) is 0 Å². The van der Waals surface area contributed by atoms with Crippen LogP contribution in [0.2, 0.25) is 0 Å². The van der Waals surface area contributed by atoms with Crippen molar-refractivity contribution in [3.63, 3.8) is 0 Å². The number of hydrogen-bond donors (Lipinski definition) is 0. The van der Waals surface area contributed by atoms with Crippen molar-refractivity contribution >= 4 is 38.9 Å². The summed E-state index contributed by atoms with van der Waals surface area (Å²) >= 11 is 0. The average molecular weight is 717 g/mol. The molecule has 7 aromatic carbocycles. The highest BCUT2D eigenvalue weighted by molar-refractivity contribution is 6.09. The topological polar surface area (TPSA) is 56.7 Å². The van der Waals surface area contributed by atoms with Gasteiger partial charge in [0, 0.05) is 44.7 Å². The van der Waals surface area contributed by atoms with Crippen molar-refractivity contribution in [2.24, 2.45) is 0 Å². The van der Waals surface area contributed by atoms with Gasteiger partial charge in [-0.25, -0.2) is 4.98 Å². The average Bonchev–Trinajstić information content (AvgIpc) is 4.02. The molecule has 3 heterocycles. The van der Waals surface area contributed by atoms with Crippen molar-refractivity contribution in [2.45, 2.75) is 11.8 Å². The van der Waals surface area contributed by atoms with Crippen molar-refractivity contribution in [2.75, 3.05) is 0 Å². The van der Waals surface area contributed by atoms with Gasteiger partial charge in [-0.05, 0) is 57.7 Å². The van der Waals surface area contributed by atoms with Crippen LogP contribution in [0.3, 0.4) is 0 Å². The molecule has 0 bridgehead atoms. The molecule has 0 saturated heterocycles. The Labute approximate surface area is 322 Å². The Kier molecular flexibility index (Phi) is 6.69. The lowest BCUT2D eigenvalue weighted by atomic mass is 9.80. The molecule has 2 aliphatic rings. The number of rotatable bonds is 5. The second-order valence-corrected chi connectivity index (χ2v) is 14.7. The van der Waals surface area contributed by atoms with Crippen LogP contribution in [0.1, 0.15) is 34.3 Å². The van der Waals surface area contributed by atoms with Gasteiger partial charge in [-0.2, -0.15) is 9.97 Å². The van der Waals surface area contributed by atoms with Gasteiger partial charge >= 0.3 is 0 Å². The van der Waals surface area contributed by atoms with E-state index in [1.165, 1.54) is 38.9 Å². The maximum atomic E-state index is 6.70. The third-order valence-corrected chi connectivity index (χ3v) is 11.7. The highest BCUT2D eigenvalue weighted by Crippen LogP contribution is 2.57. The molecule has 0 amide bonds. The summed E-state index contributed by atoms with van der Waals surface area (Å²) in [6.45, 7) is 0. The molecule has 3 aromatic heterocycles. The maximum Gasteiger partial charge on any atom is 0.238 e. The second-order valence-electron chi connectivity index (χ2n) is 14.7. The molecule has 56 heavy (non-hydrogen) atoms. The summed E-state index contributed by atoms with van der Waals surface area (Å²) in [6.07, 6.45) is 4.50. The highest BCUT2D eigenvalue weighted by Gasteiger charge is 2.40. The van der Waals surface area contributed by atoms with Gasteiger partial charge < -0.3 is 4.42 Å². The molecule has 0 aliphatic heterocycles. The number of allylic oxidation sites excluding steroid dienone is 1. The molecule has 2 aliphatic carbocycles. The summed E-state index contributed by atoms with van der Waals surface area (Å²) in [5, 5.41) is 3.35. The van der Waals surface area contributed by atoms with Crippen LogP contribution in [-0.2, 0) is 0 Å². The van der Waals surface area contributed by atoms with E-state index in [0.717, 1.165) is 49.7 Å². The van der Waals surface area contributed by atoms with Crippen LogP contribution in [0, 0.1) is 0 Å². The fourth-order valence-electron chi connectivity index (χ4n) is 9.37. The summed E-state index contributed by atoms with van der Waals surface area (Å²) in [6, 6.07) is 59.8. The molecule has 5 heteroatoms. The second kappa shape index (κ2) is 12.1. The van der Waals surface area contributed by atoms with Gasteiger partial charge in [-0.1, -0.05) is 158 Å². The van der Waals surface area contributed by atoms with Gasteiger partial charge in [-0.15, -0.1) is 0 Å². The number of fused-ring (bicyclic) bond motifs is 9. The molecule has 0 radical (unpaired) electrons. The summed E-state index contributed by atoms with van der Waals surface area (Å²) in [4.78, 5) is 15.8. The van der Waals surface area contributed by atoms with Gasteiger partial charge in [-0.3, -0.25) is 4.57 Å². The monoisotopic (exact) mass is 716 g/mol. The Bertz CT molecular complexity index is 3160. The van der Waals surface area contributed by atoms with Gasteiger partial charge in [0.1, 0.15) is 11.3 Å². The van der Waals surface area contributed by atoms with Crippen LogP contribution in [-0.4, -0.2) is 19.5 Å². The molecule has 262 valence electrons. The zero-order valence-corrected chi connectivity index (χ0v) is 30.2. The number of furan rings is 1. The maximum absolute atomic E-state index is 6.70. The minimum atomic E-state index is 0.0352. The summed E-state index contributed by atoms with van der Waals surface area (Å²) < 4.78 is 8.87. The van der Waals surface area contributed by atoms with Crippen LogP contribution >= 0.6 is 0 Å². The van der Waals surface area contributed by atoms with Gasteiger partial charge in [0.2, 0.25) is 5.95 Å². The van der Waals surface area contributed by atoms with E-state index in [-0.39, 0.29) is 11.8 Å².